The van der Waals surface area contributed by atoms with Crippen molar-refractivity contribution in [3.05, 3.63) is 71.3 Å². The Morgan fingerprint density at radius 3 is 2.26 bits per heavy atom. The minimum absolute atomic E-state index is 0.233. The summed E-state index contributed by atoms with van der Waals surface area (Å²) in [5.41, 5.74) is 2.11. The molecule has 0 amide bonds. The number of benzene rings is 2. The number of rotatable bonds is 9. The summed E-state index contributed by atoms with van der Waals surface area (Å²) in [6, 6.07) is 15.5. The summed E-state index contributed by atoms with van der Waals surface area (Å²) in [6.45, 7) is 7.48. The van der Waals surface area contributed by atoms with Gasteiger partial charge in [0.05, 0.1) is 6.61 Å². The van der Waals surface area contributed by atoms with Crippen molar-refractivity contribution in [2.24, 2.45) is 5.92 Å². The molecule has 1 aromatic heterocycles. The first kappa shape index (κ1) is 29.9. The van der Waals surface area contributed by atoms with Crippen molar-refractivity contribution in [2.45, 2.75) is 51.9 Å². The standard InChI is InChI=1S/C25H31FN4O2.C2HF3O2/c1-18(2)17-31-23-9-5-19(6-10-23)15-24-28-25(32-29-24)30(22-11-13-27-14-12-22)16-20-3-7-21(26)8-4-20;3-2(4,5)1(6)7/h3-10,18,22,27H,11-17H2,1-2H3;(H,6,7). The number of carboxylic acids is 1. The lowest BCUT2D eigenvalue weighted by molar-refractivity contribution is -0.192. The Labute approximate surface area is 224 Å². The van der Waals surface area contributed by atoms with Gasteiger partial charge in [0.25, 0.3) is 0 Å². The van der Waals surface area contributed by atoms with Gasteiger partial charge in [0.2, 0.25) is 0 Å². The number of alkyl halides is 3. The Balaban J connectivity index is 0.000000532. The van der Waals surface area contributed by atoms with Gasteiger partial charge in [0.1, 0.15) is 11.6 Å². The van der Waals surface area contributed by atoms with Crippen LogP contribution in [0.25, 0.3) is 0 Å². The molecule has 4 rings (SSSR count). The van der Waals surface area contributed by atoms with Crippen molar-refractivity contribution < 1.29 is 36.7 Å². The third-order valence-electron chi connectivity index (χ3n) is 5.83. The van der Waals surface area contributed by atoms with E-state index < -0.39 is 12.1 Å². The lowest BCUT2D eigenvalue weighted by Crippen LogP contribution is -2.43. The van der Waals surface area contributed by atoms with E-state index in [-0.39, 0.29) is 5.82 Å². The molecule has 1 fully saturated rings. The van der Waals surface area contributed by atoms with Crippen molar-refractivity contribution >= 4 is 12.0 Å². The highest BCUT2D eigenvalue weighted by atomic mass is 19.4. The molecule has 12 heteroatoms. The normalized spacial score (nSPS) is 14.0. The van der Waals surface area contributed by atoms with Crippen LogP contribution >= 0.6 is 0 Å². The summed E-state index contributed by atoms with van der Waals surface area (Å²) in [4.78, 5) is 15.8. The Kier molecular flexibility index (Phi) is 10.7. The second-order valence-corrected chi connectivity index (χ2v) is 9.56. The summed E-state index contributed by atoms with van der Waals surface area (Å²) < 4.78 is 56.5. The van der Waals surface area contributed by atoms with Crippen LogP contribution < -0.4 is 15.0 Å². The van der Waals surface area contributed by atoms with Crippen molar-refractivity contribution in [3.8, 4) is 5.75 Å². The molecule has 0 unspecified atom stereocenters. The third kappa shape index (κ3) is 9.86. The van der Waals surface area contributed by atoms with Crippen LogP contribution in [0.3, 0.4) is 0 Å². The largest absolute Gasteiger partial charge is 0.493 e. The van der Waals surface area contributed by atoms with Gasteiger partial charge in [-0.3, -0.25) is 0 Å². The monoisotopic (exact) mass is 552 g/mol. The summed E-state index contributed by atoms with van der Waals surface area (Å²) in [6.07, 6.45) is -2.50. The van der Waals surface area contributed by atoms with Gasteiger partial charge in [-0.15, -0.1) is 0 Å². The van der Waals surface area contributed by atoms with Crippen molar-refractivity contribution in [2.75, 3.05) is 24.6 Å². The molecule has 2 aromatic carbocycles. The van der Waals surface area contributed by atoms with Crippen LogP contribution in [0.1, 0.15) is 43.6 Å². The number of anilines is 1. The van der Waals surface area contributed by atoms with Gasteiger partial charge in [-0.1, -0.05) is 43.3 Å². The highest BCUT2D eigenvalue weighted by molar-refractivity contribution is 5.73. The van der Waals surface area contributed by atoms with Crippen LogP contribution in [0.5, 0.6) is 5.75 Å². The predicted octanol–water partition coefficient (Wildman–Crippen LogP) is 5.23. The lowest BCUT2D eigenvalue weighted by atomic mass is 10.0. The lowest BCUT2D eigenvalue weighted by Gasteiger charge is -2.33. The zero-order valence-electron chi connectivity index (χ0n) is 21.7. The highest BCUT2D eigenvalue weighted by Gasteiger charge is 2.38. The van der Waals surface area contributed by atoms with E-state index in [9.17, 15) is 17.6 Å². The first-order valence-corrected chi connectivity index (χ1v) is 12.6. The van der Waals surface area contributed by atoms with E-state index in [1.807, 2.05) is 36.4 Å². The van der Waals surface area contributed by atoms with E-state index in [1.165, 1.54) is 12.1 Å². The van der Waals surface area contributed by atoms with Gasteiger partial charge in [0.15, 0.2) is 5.82 Å². The quantitative estimate of drug-likeness (QED) is 0.349. The molecule has 1 aliphatic heterocycles. The molecule has 2 heterocycles. The van der Waals surface area contributed by atoms with Crippen LogP contribution in [0.4, 0.5) is 23.6 Å². The summed E-state index contributed by atoms with van der Waals surface area (Å²) in [7, 11) is 0. The number of hydrogen-bond donors (Lipinski definition) is 2. The average molecular weight is 553 g/mol. The number of nitrogens with one attached hydrogen (secondary N) is 1. The first-order chi connectivity index (χ1) is 18.5. The number of aliphatic carboxylic acids is 1. The number of halogens is 4. The Hall–Kier alpha value is -3.67. The number of carbonyl (C=O) groups is 1. The molecule has 0 saturated carbocycles. The van der Waals surface area contributed by atoms with E-state index in [1.54, 1.807) is 0 Å². The van der Waals surface area contributed by atoms with Crippen LogP contribution in [-0.4, -0.2) is 53.1 Å². The zero-order chi connectivity index (χ0) is 28.4. The average Bonchev–Trinajstić information content (AvgIpc) is 3.36. The number of ether oxygens (including phenoxy) is 1. The van der Waals surface area contributed by atoms with Crippen molar-refractivity contribution in [1.82, 2.24) is 15.5 Å². The van der Waals surface area contributed by atoms with E-state index in [0.29, 0.717) is 43.4 Å². The SMILES string of the molecule is CC(C)COc1ccc(Cc2noc(N(Cc3ccc(F)cc3)C3CCNCC3)n2)cc1.O=C(O)C(F)(F)F. The molecule has 0 spiro atoms. The molecule has 0 aliphatic carbocycles. The Morgan fingerprint density at radius 1 is 1.10 bits per heavy atom. The van der Waals surface area contributed by atoms with Gasteiger partial charge >= 0.3 is 18.2 Å². The Bertz CT molecular complexity index is 1160. The summed E-state index contributed by atoms with van der Waals surface area (Å²) in [5, 5.41) is 14.8. The number of hydrogen-bond acceptors (Lipinski definition) is 7. The number of piperidine rings is 1. The molecule has 1 aliphatic rings. The van der Waals surface area contributed by atoms with E-state index in [0.717, 1.165) is 42.8 Å². The maximum Gasteiger partial charge on any atom is 0.490 e. The Morgan fingerprint density at radius 2 is 1.69 bits per heavy atom. The third-order valence-corrected chi connectivity index (χ3v) is 5.83. The summed E-state index contributed by atoms with van der Waals surface area (Å²) >= 11 is 0. The van der Waals surface area contributed by atoms with Gasteiger partial charge in [-0.05, 0) is 67.2 Å². The highest BCUT2D eigenvalue weighted by Crippen LogP contribution is 2.24. The molecular weight excluding hydrogens is 520 g/mol. The molecule has 1 saturated heterocycles. The molecular formula is C27H32F4N4O4. The minimum atomic E-state index is -5.08. The smallest absolute Gasteiger partial charge is 0.490 e. The molecule has 8 nitrogen and oxygen atoms in total. The number of carboxylic acid groups (broad SMARTS) is 1. The fourth-order valence-corrected chi connectivity index (χ4v) is 3.84. The van der Waals surface area contributed by atoms with Crippen molar-refractivity contribution in [3.63, 3.8) is 0 Å². The summed E-state index contributed by atoms with van der Waals surface area (Å²) in [5.74, 6) is -0.984. The van der Waals surface area contributed by atoms with Crippen LogP contribution in [0, 0.1) is 11.7 Å². The fourth-order valence-electron chi connectivity index (χ4n) is 3.84. The number of aromatic nitrogens is 2. The van der Waals surface area contributed by atoms with Crippen molar-refractivity contribution in [1.29, 1.82) is 0 Å². The number of nitrogens with zero attached hydrogens (tertiary/aromatic N) is 3. The second-order valence-electron chi connectivity index (χ2n) is 9.56. The van der Waals surface area contributed by atoms with Gasteiger partial charge in [-0.25, -0.2) is 9.18 Å². The minimum Gasteiger partial charge on any atom is -0.493 e. The predicted molar refractivity (Wildman–Crippen MR) is 136 cm³/mol. The fraction of sp³-hybridized carbons (Fsp3) is 0.444. The first-order valence-electron chi connectivity index (χ1n) is 12.6. The van der Waals surface area contributed by atoms with Gasteiger partial charge < -0.3 is 24.6 Å². The van der Waals surface area contributed by atoms with E-state index in [4.69, 9.17) is 24.1 Å². The molecule has 212 valence electrons. The molecule has 0 atom stereocenters. The molecule has 3 aromatic rings. The van der Waals surface area contributed by atoms with Crippen LogP contribution in [-0.2, 0) is 17.8 Å². The van der Waals surface area contributed by atoms with Crippen LogP contribution in [0.15, 0.2) is 53.1 Å². The maximum absolute atomic E-state index is 13.3. The zero-order valence-corrected chi connectivity index (χ0v) is 21.7. The molecule has 2 N–H and O–H groups in total. The maximum atomic E-state index is 13.3. The van der Waals surface area contributed by atoms with Crippen LogP contribution in [0.2, 0.25) is 0 Å². The molecule has 0 radical (unpaired) electrons. The second kappa shape index (κ2) is 13.9. The van der Waals surface area contributed by atoms with Gasteiger partial charge in [-0.2, -0.15) is 18.2 Å². The molecule has 0 bridgehead atoms. The molecule has 39 heavy (non-hydrogen) atoms. The van der Waals surface area contributed by atoms with E-state index in [2.05, 4.69) is 29.2 Å². The van der Waals surface area contributed by atoms with E-state index >= 15 is 0 Å². The van der Waals surface area contributed by atoms with Gasteiger partial charge in [0, 0.05) is 19.0 Å². The topological polar surface area (TPSA) is 101 Å².